The summed E-state index contributed by atoms with van der Waals surface area (Å²) >= 11 is 6.27. The molecular weight excluding hydrogens is 449 g/mol. The van der Waals surface area contributed by atoms with Crippen molar-refractivity contribution >= 4 is 23.0 Å². The fraction of sp³-hybridized carbons (Fsp3) is 0.407. The van der Waals surface area contributed by atoms with E-state index in [4.69, 9.17) is 11.6 Å². The van der Waals surface area contributed by atoms with Crippen molar-refractivity contribution in [3.05, 3.63) is 65.1 Å². The van der Waals surface area contributed by atoms with Gasteiger partial charge in [-0.25, -0.2) is 4.39 Å². The number of rotatable bonds is 4. The first-order valence-electron chi connectivity index (χ1n) is 12.1. The molecular formula is C27H33ClFN5. The van der Waals surface area contributed by atoms with Gasteiger partial charge in [0.1, 0.15) is 5.82 Å². The van der Waals surface area contributed by atoms with Crippen molar-refractivity contribution in [2.24, 2.45) is 0 Å². The number of piperazine rings is 2. The van der Waals surface area contributed by atoms with Gasteiger partial charge < -0.3 is 24.2 Å². The van der Waals surface area contributed by atoms with Crippen molar-refractivity contribution in [3.63, 3.8) is 0 Å². The summed E-state index contributed by atoms with van der Waals surface area (Å²) in [6.45, 7) is 10.3. The van der Waals surface area contributed by atoms with Gasteiger partial charge in [-0.15, -0.1) is 0 Å². The van der Waals surface area contributed by atoms with Crippen LogP contribution in [0.15, 0.2) is 48.5 Å². The average Bonchev–Trinajstić information content (AvgIpc) is 3.14. The monoisotopic (exact) mass is 481 g/mol. The van der Waals surface area contributed by atoms with Crippen molar-refractivity contribution in [3.8, 4) is 16.9 Å². The number of likely N-dealkylation sites (N-methyl/N-ethyl adjacent to an activating group) is 2. The fourth-order valence-corrected chi connectivity index (χ4v) is 5.31. The van der Waals surface area contributed by atoms with E-state index in [-0.39, 0.29) is 5.82 Å². The van der Waals surface area contributed by atoms with Crippen LogP contribution in [-0.2, 0) is 0 Å². The lowest BCUT2D eigenvalue weighted by Gasteiger charge is -2.39. The van der Waals surface area contributed by atoms with Crippen LogP contribution in [0.25, 0.3) is 16.9 Å². The van der Waals surface area contributed by atoms with Gasteiger partial charge in [0.05, 0.1) is 17.1 Å². The zero-order valence-electron chi connectivity index (χ0n) is 20.3. The number of anilines is 2. The predicted octanol–water partition coefficient (Wildman–Crippen LogP) is 4.75. The normalized spacial score (nSPS) is 18.0. The standard InChI is InChI=1S/C27H33ClFN5/c1-20-25(32-16-12-30(2)13-17-32)27(33-18-14-31(3)15-19-33)26(21-4-6-22(28)7-5-21)34(20)24-10-8-23(29)9-11-24/h4-11H,12-19H2,1-3H3. The van der Waals surface area contributed by atoms with E-state index < -0.39 is 0 Å². The predicted molar refractivity (Wildman–Crippen MR) is 140 cm³/mol. The van der Waals surface area contributed by atoms with Gasteiger partial charge in [-0.3, -0.25) is 0 Å². The lowest BCUT2D eigenvalue weighted by molar-refractivity contribution is 0.309. The summed E-state index contributed by atoms with van der Waals surface area (Å²) in [4.78, 5) is 9.86. The third-order valence-electron chi connectivity index (χ3n) is 7.19. The van der Waals surface area contributed by atoms with Gasteiger partial charge in [0, 0.05) is 74.3 Å². The number of hydrogen-bond donors (Lipinski definition) is 0. The Morgan fingerprint density at radius 2 is 1.18 bits per heavy atom. The Morgan fingerprint density at radius 1 is 0.676 bits per heavy atom. The summed E-state index contributed by atoms with van der Waals surface area (Å²) in [6.07, 6.45) is 0. The van der Waals surface area contributed by atoms with Crippen LogP contribution in [0.3, 0.4) is 0 Å². The first-order chi connectivity index (χ1) is 16.4. The van der Waals surface area contributed by atoms with Crippen molar-refractivity contribution in [2.45, 2.75) is 6.92 Å². The highest BCUT2D eigenvalue weighted by atomic mass is 35.5. The molecule has 0 radical (unpaired) electrons. The molecule has 5 nitrogen and oxygen atoms in total. The molecule has 2 aliphatic heterocycles. The summed E-state index contributed by atoms with van der Waals surface area (Å²) < 4.78 is 16.2. The van der Waals surface area contributed by atoms with Crippen LogP contribution in [0.2, 0.25) is 5.02 Å². The SMILES string of the molecule is Cc1c(N2CCN(C)CC2)c(N2CCN(C)CC2)c(-c2ccc(Cl)cc2)n1-c1ccc(F)cc1. The highest BCUT2D eigenvalue weighted by Crippen LogP contribution is 2.46. The second-order valence-corrected chi connectivity index (χ2v) is 9.97. The molecule has 0 atom stereocenters. The molecule has 7 heteroatoms. The van der Waals surface area contributed by atoms with Crippen LogP contribution in [0.4, 0.5) is 15.8 Å². The van der Waals surface area contributed by atoms with Crippen LogP contribution < -0.4 is 9.80 Å². The Bertz CT molecular complexity index is 1130. The van der Waals surface area contributed by atoms with E-state index in [2.05, 4.69) is 57.3 Å². The van der Waals surface area contributed by atoms with E-state index in [1.807, 2.05) is 24.3 Å². The number of nitrogens with zero attached hydrogens (tertiary/aromatic N) is 5. The van der Waals surface area contributed by atoms with Gasteiger partial charge in [0.2, 0.25) is 0 Å². The molecule has 0 amide bonds. The third kappa shape index (κ3) is 4.42. The minimum absolute atomic E-state index is 0.222. The second-order valence-electron chi connectivity index (χ2n) is 9.53. The maximum absolute atomic E-state index is 13.9. The van der Waals surface area contributed by atoms with E-state index in [1.165, 1.54) is 17.1 Å². The maximum Gasteiger partial charge on any atom is 0.123 e. The molecule has 3 aromatic rings. The summed E-state index contributed by atoms with van der Waals surface area (Å²) in [5.74, 6) is -0.222. The van der Waals surface area contributed by atoms with Crippen LogP contribution >= 0.6 is 11.6 Å². The lowest BCUT2D eigenvalue weighted by atomic mass is 10.1. The van der Waals surface area contributed by atoms with Crippen LogP contribution in [0.5, 0.6) is 0 Å². The van der Waals surface area contributed by atoms with Crippen molar-refractivity contribution in [1.82, 2.24) is 14.4 Å². The van der Waals surface area contributed by atoms with E-state index >= 15 is 0 Å². The molecule has 5 rings (SSSR count). The molecule has 34 heavy (non-hydrogen) atoms. The smallest absolute Gasteiger partial charge is 0.123 e. The molecule has 2 aromatic carbocycles. The maximum atomic E-state index is 13.9. The zero-order chi connectivity index (χ0) is 23.8. The zero-order valence-corrected chi connectivity index (χ0v) is 21.0. The Kier molecular flexibility index (Phi) is 6.56. The molecule has 2 fully saturated rings. The van der Waals surface area contributed by atoms with Gasteiger partial charge in [-0.1, -0.05) is 23.7 Å². The third-order valence-corrected chi connectivity index (χ3v) is 7.44. The Labute approximate surface area is 206 Å². The highest BCUT2D eigenvalue weighted by Gasteiger charge is 2.32. The molecule has 180 valence electrons. The molecule has 0 spiro atoms. The lowest BCUT2D eigenvalue weighted by Crippen LogP contribution is -2.47. The van der Waals surface area contributed by atoms with Crippen molar-refractivity contribution in [1.29, 1.82) is 0 Å². The molecule has 0 unspecified atom stereocenters. The van der Waals surface area contributed by atoms with Gasteiger partial charge in [-0.2, -0.15) is 0 Å². The Balaban J connectivity index is 1.75. The molecule has 2 aliphatic rings. The summed E-state index contributed by atoms with van der Waals surface area (Å²) in [7, 11) is 4.38. The molecule has 0 saturated carbocycles. The van der Waals surface area contributed by atoms with Gasteiger partial charge in [0.25, 0.3) is 0 Å². The Morgan fingerprint density at radius 3 is 1.71 bits per heavy atom. The van der Waals surface area contributed by atoms with Crippen LogP contribution in [-0.4, -0.2) is 80.8 Å². The average molecular weight is 482 g/mol. The van der Waals surface area contributed by atoms with Crippen molar-refractivity contribution < 1.29 is 4.39 Å². The van der Waals surface area contributed by atoms with Crippen molar-refractivity contribution in [2.75, 3.05) is 76.3 Å². The summed E-state index contributed by atoms with van der Waals surface area (Å²) in [5, 5.41) is 0.723. The Hall–Kier alpha value is -2.54. The second kappa shape index (κ2) is 9.61. The quantitative estimate of drug-likeness (QED) is 0.535. The van der Waals surface area contributed by atoms with Gasteiger partial charge >= 0.3 is 0 Å². The van der Waals surface area contributed by atoms with E-state index in [1.54, 1.807) is 12.1 Å². The number of halogens is 2. The number of benzene rings is 2. The first-order valence-corrected chi connectivity index (χ1v) is 12.4. The minimum atomic E-state index is -0.222. The highest BCUT2D eigenvalue weighted by molar-refractivity contribution is 6.30. The molecule has 1 aromatic heterocycles. The summed E-state index contributed by atoms with van der Waals surface area (Å²) in [5.41, 5.74) is 7.01. The van der Waals surface area contributed by atoms with Crippen LogP contribution in [0, 0.1) is 12.7 Å². The minimum Gasteiger partial charge on any atom is -0.366 e. The van der Waals surface area contributed by atoms with Gasteiger partial charge in [0.15, 0.2) is 0 Å². The fourth-order valence-electron chi connectivity index (χ4n) is 5.19. The van der Waals surface area contributed by atoms with E-state index in [0.717, 1.165) is 74.3 Å². The molecule has 0 N–H and O–H groups in total. The summed E-state index contributed by atoms with van der Waals surface area (Å²) in [6, 6.07) is 15.0. The molecule has 2 saturated heterocycles. The number of aromatic nitrogens is 1. The largest absolute Gasteiger partial charge is 0.366 e. The van der Waals surface area contributed by atoms with E-state index in [0.29, 0.717) is 0 Å². The first kappa shape index (κ1) is 23.2. The number of hydrogen-bond acceptors (Lipinski definition) is 4. The van der Waals surface area contributed by atoms with E-state index in [9.17, 15) is 4.39 Å². The molecule has 0 bridgehead atoms. The van der Waals surface area contributed by atoms with Crippen LogP contribution in [0.1, 0.15) is 5.69 Å². The topological polar surface area (TPSA) is 17.9 Å². The molecule has 3 heterocycles. The molecule has 0 aliphatic carbocycles. The van der Waals surface area contributed by atoms with Gasteiger partial charge in [-0.05, 0) is 57.4 Å².